The standard InChI is InChI=1S/C22H39BrO2/c1-20(2)14-13-15-21(3)17-19-25-22(24)16-11-9-7-5-4-6-8-10-12-18-23/h14,17H,4-13,15-16,18-19H2,1-3H3/b21-17+. The summed E-state index contributed by atoms with van der Waals surface area (Å²) in [5.41, 5.74) is 2.65. The van der Waals surface area contributed by atoms with Crippen LogP contribution in [0.4, 0.5) is 0 Å². The topological polar surface area (TPSA) is 26.3 Å². The van der Waals surface area contributed by atoms with E-state index in [-0.39, 0.29) is 5.97 Å². The van der Waals surface area contributed by atoms with Crippen molar-refractivity contribution >= 4 is 21.9 Å². The van der Waals surface area contributed by atoms with E-state index < -0.39 is 0 Å². The number of ether oxygens (including phenoxy) is 1. The molecule has 0 spiro atoms. The molecule has 0 atom stereocenters. The molecule has 0 saturated carbocycles. The summed E-state index contributed by atoms with van der Waals surface area (Å²) in [6.45, 7) is 6.76. The van der Waals surface area contributed by atoms with E-state index in [0.29, 0.717) is 13.0 Å². The number of allylic oxidation sites excluding steroid dienone is 3. The molecule has 0 aliphatic heterocycles. The summed E-state index contributed by atoms with van der Waals surface area (Å²) >= 11 is 3.47. The lowest BCUT2D eigenvalue weighted by Crippen LogP contribution is -2.04. The van der Waals surface area contributed by atoms with Gasteiger partial charge in [0, 0.05) is 11.8 Å². The Kier molecular flexibility index (Phi) is 17.8. The maximum Gasteiger partial charge on any atom is 0.306 e. The van der Waals surface area contributed by atoms with Gasteiger partial charge in [-0.25, -0.2) is 0 Å². The first-order valence-corrected chi connectivity index (χ1v) is 11.2. The molecule has 0 aliphatic rings. The van der Waals surface area contributed by atoms with Gasteiger partial charge < -0.3 is 4.74 Å². The minimum Gasteiger partial charge on any atom is -0.461 e. The number of unbranched alkanes of at least 4 members (excludes halogenated alkanes) is 8. The molecule has 0 bridgehead atoms. The largest absolute Gasteiger partial charge is 0.461 e. The van der Waals surface area contributed by atoms with E-state index in [4.69, 9.17) is 4.74 Å². The van der Waals surface area contributed by atoms with Gasteiger partial charge in [0.05, 0.1) is 0 Å². The summed E-state index contributed by atoms with van der Waals surface area (Å²) in [6, 6.07) is 0. The lowest BCUT2D eigenvalue weighted by molar-refractivity contribution is -0.142. The number of hydrogen-bond donors (Lipinski definition) is 0. The van der Waals surface area contributed by atoms with Crippen molar-refractivity contribution in [3.05, 3.63) is 23.3 Å². The molecule has 0 amide bonds. The normalized spacial score (nSPS) is 11.4. The third-order valence-electron chi connectivity index (χ3n) is 4.28. The van der Waals surface area contributed by atoms with Crippen LogP contribution >= 0.6 is 15.9 Å². The van der Waals surface area contributed by atoms with Crippen molar-refractivity contribution in [2.24, 2.45) is 0 Å². The van der Waals surface area contributed by atoms with E-state index in [1.165, 1.54) is 56.1 Å². The number of halogens is 1. The molecule has 0 fully saturated rings. The van der Waals surface area contributed by atoms with E-state index >= 15 is 0 Å². The van der Waals surface area contributed by atoms with E-state index in [2.05, 4.69) is 42.8 Å². The zero-order valence-electron chi connectivity index (χ0n) is 16.7. The Labute approximate surface area is 164 Å². The lowest BCUT2D eigenvalue weighted by Gasteiger charge is -2.04. The first kappa shape index (κ1) is 24.4. The molecule has 2 nitrogen and oxygen atoms in total. The summed E-state index contributed by atoms with van der Waals surface area (Å²) in [5, 5.41) is 1.13. The van der Waals surface area contributed by atoms with Crippen molar-refractivity contribution < 1.29 is 9.53 Å². The second-order valence-electron chi connectivity index (χ2n) is 7.17. The van der Waals surface area contributed by atoms with Crippen LogP contribution in [-0.2, 0) is 9.53 Å². The van der Waals surface area contributed by atoms with Gasteiger partial charge in [-0.05, 0) is 52.5 Å². The number of rotatable bonds is 16. The maximum atomic E-state index is 11.7. The number of hydrogen-bond acceptors (Lipinski definition) is 2. The zero-order valence-corrected chi connectivity index (χ0v) is 18.3. The Morgan fingerprint density at radius 1 is 0.800 bits per heavy atom. The first-order chi connectivity index (χ1) is 12.1. The lowest BCUT2D eigenvalue weighted by atomic mass is 10.1. The molecular formula is C22H39BrO2. The molecule has 0 aromatic rings. The second-order valence-corrected chi connectivity index (χ2v) is 7.97. The van der Waals surface area contributed by atoms with E-state index in [9.17, 15) is 4.79 Å². The van der Waals surface area contributed by atoms with Crippen LogP contribution in [0.3, 0.4) is 0 Å². The fraction of sp³-hybridized carbons (Fsp3) is 0.773. The van der Waals surface area contributed by atoms with Gasteiger partial charge in [-0.1, -0.05) is 78.1 Å². The molecule has 146 valence electrons. The van der Waals surface area contributed by atoms with Gasteiger partial charge in [-0.2, -0.15) is 0 Å². The molecule has 0 N–H and O–H groups in total. The average molecular weight is 415 g/mol. The van der Waals surface area contributed by atoms with Gasteiger partial charge in [-0.3, -0.25) is 4.79 Å². The van der Waals surface area contributed by atoms with Gasteiger partial charge in [-0.15, -0.1) is 0 Å². The Morgan fingerprint density at radius 3 is 1.92 bits per heavy atom. The van der Waals surface area contributed by atoms with Crippen LogP contribution in [0, 0.1) is 0 Å². The van der Waals surface area contributed by atoms with Crippen molar-refractivity contribution in [2.75, 3.05) is 11.9 Å². The quantitative estimate of drug-likeness (QED) is 0.113. The fourth-order valence-electron chi connectivity index (χ4n) is 2.64. The number of alkyl halides is 1. The SMILES string of the molecule is CC(C)=CCC/C(C)=C/COC(=O)CCCCCCCCCCCBr. The predicted molar refractivity (Wildman–Crippen MR) is 113 cm³/mol. The van der Waals surface area contributed by atoms with Crippen molar-refractivity contribution in [1.29, 1.82) is 0 Å². The van der Waals surface area contributed by atoms with Gasteiger partial charge in [0.15, 0.2) is 0 Å². The molecular weight excluding hydrogens is 376 g/mol. The Balaban J connectivity index is 3.45. The summed E-state index contributed by atoms with van der Waals surface area (Å²) in [7, 11) is 0. The van der Waals surface area contributed by atoms with Crippen LogP contribution in [0.1, 0.15) is 97.8 Å². The van der Waals surface area contributed by atoms with Crippen LogP contribution < -0.4 is 0 Å². The molecule has 0 unspecified atom stereocenters. The number of esters is 1. The maximum absolute atomic E-state index is 11.7. The van der Waals surface area contributed by atoms with Crippen molar-refractivity contribution in [2.45, 2.75) is 97.8 Å². The highest BCUT2D eigenvalue weighted by Gasteiger charge is 2.01. The fourth-order valence-corrected chi connectivity index (χ4v) is 3.04. The van der Waals surface area contributed by atoms with Gasteiger partial charge >= 0.3 is 5.97 Å². The van der Waals surface area contributed by atoms with Crippen LogP contribution in [0.15, 0.2) is 23.3 Å². The molecule has 0 aromatic carbocycles. The highest BCUT2D eigenvalue weighted by molar-refractivity contribution is 9.09. The molecule has 0 heterocycles. The number of carbonyl (C=O) groups is 1. The van der Waals surface area contributed by atoms with Crippen LogP contribution in [-0.4, -0.2) is 17.9 Å². The van der Waals surface area contributed by atoms with Crippen LogP contribution in [0.2, 0.25) is 0 Å². The molecule has 25 heavy (non-hydrogen) atoms. The molecule has 0 radical (unpaired) electrons. The van der Waals surface area contributed by atoms with E-state index in [1.807, 2.05) is 6.08 Å². The highest BCUT2D eigenvalue weighted by Crippen LogP contribution is 2.11. The van der Waals surface area contributed by atoms with Crippen molar-refractivity contribution in [1.82, 2.24) is 0 Å². The summed E-state index contributed by atoms with van der Waals surface area (Å²) in [5.74, 6) is -0.0527. The highest BCUT2D eigenvalue weighted by atomic mass is 79.9. The molecule has 0 saturated heterocycles. The smallest absolute Gasteiger partial charge is 0.306 e. The van der Waals surface area contributed by atoms with Gasteiger partial charge in [0.1, 0.15) is 6.61 Å². The van der Waals surface area contributed by atoms with Crippen molar-refractivity contribution in [3.8, 4) is 0 Å². The molecule has 0 rings (SSSR count). The van der Waals surface area contributed by atoms with Gasteiger partial charge in [0.25, 0.3) is 0 Å². The van der Waals surface area contributed by atoms with Crippen LogP contribution in [0.25, 0.3) is 0 Å². The van der Waals surface area contributed by atoms with Crippen LogP contribution in [0.5, 0.6) is 0 Å². The molecule has 0 aromatic heterocycles. The molecule has 0 aliphatic carbocycles. The first-order valence-electron chi connectivity index (χ1n) is 10.1. The Hall–Kier alpha value is -0.570. The van der Waals surface area contributed by atoms with E-state index in [1.54, 1.807) is 0 Å². The predicted octanol–water partition coefficient (Wildman–Crippen LogP) is 7.52. The minimum absolute atomic E-state index is 0.0527. The van der Waals surface area contributed by atoms with Gasteiger partial charge in [0.2, 0.25) is 0 Å². The number of carbonyl (C=O) groups excluding carboxylic acids is 1. The third-order valence-corrected chi connectivity index (χ3v) is 4.84. The second kappa shape index (κ2) is 18.2. The van der Waals surface area contributed by atoms with E-state index in [0.717, 1.165) is 31.0 Å². The molecule has 3 heteroatoms. The Bertz CT molecular complexity index is 381. The summed E-state index contributed by atoms with van der Waals surface area (Å²) in [6.07, 6.45) is 18.3. The van der Waals surface area contributed by atoms with Crippen molar-refractivity contribution in [3.63, 3.8) is 0 Å². The Morgan fingerprint density at radius 2 is 1.36 bits per heavy atom. The monoisotopic (exact) mass is 414 g/mol. The zero-order chi connectivity index (χ0) is 18.8. The minimum atomic E-state index is -0.0527. The summed E-state index contributed by atoms with van der Waals surface area (Å²) < 4.78 is 5.29. The third kappa shape index (κ3) is 19.6. The summed E-state index contributed by atoms with van der Waals surface area (Å²) in [4.78, 5) is 11.7. The average Bonchev–Trinajstić information content (AvgIpc) is 2.56.